The summed E-state index contributed by atoms with van der Waals surface area (Å²) in [5.41, 5.74) is 2.37. The van der Waals surface area contributed by atoms with Crippen LogP contribution in [0.25, 0.3) is 0 Å². The number of aliphatic imine (C=N–C) groups is 1. The van der Waals surface area contributed by atoms with Crippen LogP contribution >= 0.6 is 0 Å². The molecule has 33 heavy (non-hydrogen) atoms. The van der Waals surface area contributed by atoms with Gasteiger partial charge in [0, 0.05) is 5.56 Å². The number of carbonyl (C=O) groups excluding carboxylic acids is 3. The average molecular weight is 444 g/mol. The molecule has 0 aliphatic heterocycles. The van der Waals surface area contributed by atoms with Crippen LogP contribution in [0.5, 0.6) is 0 Å². The summed E-state index contributed by atoms with van der Waals surface area (Å²) in [5.74, 6) is -1.12. The zero-order valence-corrected chi connectivity index (χ0v) is 18.4. The second-order valence-electron chi connectivity index (χ2n) is 6.82. The monoisotopic (exact) mass is 444 g/mol. The number of amides is 1. The third-order valence-corrected chi connectivity index (χ3v) is 4.60. The Labute approximate surface area is 192 Å². The van der Waals surface area contributed by atoms with E-state index in [0.29, 0.717) is 34.7 Å². The molecular formula is C26H24N2O5. The highest BCUT2D eigenvalue weighted by molar-refractivity contribution is 6.16. The quantitative estimate of drug-likeness (QED) is 0.276. The van der Waals surface area contributed by atoms with Gasteiger partial charge in [-0.15, -0.1) is 0 Å². The summed E-state index contributed by atoms with van der Waals surface area (Å²) in [4.78, 5) is 42.7. The van der Waals surface area contributed by atoms with Gasteiger partial charge in [0.1, 0.15) is 6.34 Å². The van der Waals surface area contributed by atoms with Gasteiger partial charge in [0.2, 0.25) is 0 Å². The normalized spacial score (nSPS) is 10.6. The minimum Gasteiger partial charge on any atom is -0.462 e. The van der Waals surface area contributed by atoms with Gasteiger partial charge in [-0.25, -0.2) is 14.6 Å². The first-order valence-corrected chi connectivity index (χ1v) is 10.5. The van der Waals surface area contributed by atoms with Gasteiger partial charge in [-0.05, 0) is 74.5 Å². The van der Waals surface area contributed by atoms with E-state index in [-0.39, 0.29) is 12.5 Å². The van der Waals surface area contributed by atoms with E-state index >= 15 is 0 Å². The predicted octanol–water partition coefficient (Wildman–Crippen LogP) is 5.05. The first-order chi connectivity index (χ1) is 16.0. The van der Waals surface area contributed by atoms with Crippen molar-refractivity contribution in [1.82, 2.24) is 0 Å². The minimum atomic E-state index is -0.430. The number of hydrogen-bond acceptors (Lipinski definition) is 6. The average Bonchev–Trinajstić information content (AvgIpc) is 2.85. The highest BCUT2D eigenvalue weighted by Gasteiger charge is 2.17. The molecule has 0 saturated carbocycles. The Morgan fingerprint density at radius 3 is 1.76 bits per heavy atom. The van der Waals surface area contributed by atoms with Crippen LogP contribution in [0, 0.1) is 0 Å². The van der Waals surface area contributed by atoms with Gasteiger partial charge >= 0.3 is 11.9 Å². The molecule has 0 aromatic heterocycles. The Balaban J connectivity index is 1.88. The second-order valence-corrected chi connectivity index (χ2v) is 6.82. The molecule has 3 aromatic carbocycles. The zero-order chi connectivity index (χ0) is 23.6. The first kappa shape index (κ1) is 23.4. The Kier molecular flexibility index (Phi) is 8.07. The summed E-state index contributed by atoms with van der Waals surface area (Å²) in [6, 6.07) is 21.9. The van der Waals surface area contributed by atoms with Crippen molar-refractivity contribution in [3.05, 3.63) is 95.6 Å². The van der Waals surface area contributed by atoms with Gasteiger partial charge in [0.15, 0.2) is 0 Å². The van der Waals surface area contributed by atoms with Crippen LogP contribution in [0.1, 0.15) is 44.9 Å². The van der Waals surface area contributed by atoms with Crippen molar-refractivity contribution in [1.29, 1.82) is 0 Å². The molecule has 1 amide bonds. The van der Waals surface area contributed by atoms with Gasteiger partial charge in [0.05, 0.1) is 35.7 Å². The molecule has 0 unspecified atom stereocenters. The van der Waals surface area contributed by atoms with Crippen molar-refractivity contribution in [3.8, 4) is 0 Å². The topological polar surface area (TPSA) is 85.3 Å². The lowest BCUT2D eigenvalue weighted by Crippen LogP contribution is -2.29. The molecule has 3 aromatic rings. The number of benzene rings is 3. The number of esters is 2. The molecule has 0 heterocycles. The Bertz CT molecular complexity index is 1120. The lowest BCUT2D eigenvalue weighted by atomic mass is 10.1. The highest BCUT2D eigenvalue weighted by atomic mass is 16.5. The fourth-order valence-electron chi connectivity index (χ4n) is 2.95. The van der Waals surface area contributed by atoms with Crippen LogP contribution in [0.4, 0.5) is 11.4 Å². The van der Waals surface area contributed by atoms with Gasteiger partial charge < -0.3 is 9.47 Å². The van der Waals surface area contributed by atoms with E-state index in [1.165, 1.54) is 11.2 Å². The number of carbonyl (C=O) groups is 3. The zero-order valence-electron chi connectivity index (χ0n) is 18.4. The van der Waals surface area contributed by atoms with Crippen LogP contribution in [0.3, 0.4) is 0 Å². The van der Waals surface area contributed by atoms with Crippen molar-refractivity contribution >= 4 is 35.6 Å². The van der Waals surface area contributed by atoms with Crippen molar-refractivity contribution in [2.24, 2.45) is 4.99 Å². The standard InChI is InChI=1S/C26H24N2O5/c1-3-32-25(30)20-10-14-22(15-11-20)27-18-28(24(29)19-8-6-5-7-9-19)23-16-12-21(13-17-23)26(31)33-4-2/h5-18H,3-4H2,1-2H3. The second kappa shape index (κ2) is 11.4. The first-order valence-electron chi connectivity index (χ1n) is 10.5. The summed E-state index contributed by atoms with van der Waals surface area (Å²) >= 11 is 0. The number of anilines is 1. The van der Waals surface area contributed by atoms with Gasteiger partial charge in [0.25, 0.3) is 5.91 Å². The van der Waals surface area contributed by atoms with Crippen LogP contribution in [0.15, 0.2) is 83.9 Å². The molecule has 0 radical (unpaired) electrons. The largest absolute Gasteiger partial charge is 0.462 e. The third-order valence-electron chi connectivity index (χ3n) is 4.60. The van der Waals surface area contributed by atoms with Crippen LogP contribution < -0.4 is 4.90 Å². The molecule has 0 N–H and O–H groups in total. The van der Waals surface area contributed by atoms with Gasteiger partial charge in [-0.3, -0.25) is 9.69 Å². The summed E-state index contributed by atoms with van der Waals surface area (Å²) in [7, 11) is 0. The van der Waals surface area contributed by atoms with Crippen molar-refractivity contribution < 1.29 is 23.9 Å². The number of rotatable bonds is 8. The lowest BCUT2D eigenvalue weighted by molar-refractivity contribution is 0.0517. The minimum absolute atomic E-state index is 0.279. The number of nitrogens with zero attached hydrogens (tertiary/aromatic N) is 2. The molecule has 3 rings (SSSR count). The molecule has 0 aliphatic carbocycles. The van der Waals surface area contributed by atoms with Crippen LogP contribution in [0.2, 0.25) is 0 Å². The van der Waals surface area contributed by atoms with Crippen molar-refractivity contribution in [2.75, 3.05) is 18.1 Å². The molecule has 0 saturated heterocycles. The Hall–Kier alpha value is -4.26. The molecule has 0 aliphatic rings. The fraction of sp³-hybridized carbons (Fsp3) is 0.154. The maximum absolute atomic E-state index is 13.2. The summed E-state index contributed by atoms with van der Waals surface area (Å²) in [6.45, 7) is 4.06. The molecule has 0 spiro atoms. The van der Waals surface area contributed by atoms with Crippen molar-refractivity contribution in [3.63, 3.8) is 0 Å². The SMILES string of the molecule is CCOC(=O)c1ccc(N=CN(C(=O)c2ccccc2)c2ccc(C(=O)OCC)cc2)cc1. The maximum atomic E-state index is 13.2. The summed E-state index contributed by atoms with van der Waals surface area (Å²) in [6.07, 6.45) is 1.41. The van der Waals surface area contributed by atoms with E-state index in [2.05, 4.69) is 4.99 Å². The van der Waals surface area contributed by atoms with Gasteiger partial charge in [-0.1, -0.05) is 18.2 Å². The number of ether oxygens (including phenoxy) is 2. The molecule has 7 heteroatoms. The van der Waals surface area contributed by atoms with E-state index < -0.39 is 11.9 Å². The molecule has 0 atom stereocenters. The van der Waals surface area contributed by atoms with E-state index in [1.54, 1.807) is 86.6 Å². The molecular weight excluding hydrogens is 420 g/mol. The Morgan fingerprint density at radius 2 is 1.24 bits per heavy atom. The van der Waals surface area contributed by atoms with E-state index in [0.717, 1.165) is 0 Å². The van der Waals surface area contributed by atoms with E-state index in [9.17, 15) is 14.4 Å². The van der Waals surface area contributed by atoms with Gasteiger partial charge in [-0.2, -0.15) is 0 Å². The van der Waals surface area contributed by atoms with E-state index in [4.69, 9.17) is 9.47 Å². The maximum Gasteiger partial charge on any atom is 0.338 e. The summed E-state index contributed by atoms with van der Waals surface area (Å²) < 4.78 is 10.00. The molecule has 7 nitrogen and oxygen atoms in total. The van der Waals surface area contributed by atoms with Crippen molar-refractivity contribution in [2.45, 2.75) is 13.8 Å². The number of hydrogen-bond donors (Lipinski definition) is 0. The van der Waals surface area contributed by atoms with Crippen LogP contribution in [-0.2, 0) is 9.47 Å². The van der Waals surface area contributed by atoms with E-state index in [1.807, 2.05) is 6.07 Å². The smallest absolute Gasteiger partial charge is 0.338 e. The third kappa shape index (κ3) is 6.13. The lowest BCUT2D eigenvalue weighted by Gasteiger charge is -2.18. The summed E-state index contributed by atoms with van der Waals surface area (Å²) in [5, 5.41) is 0. The molecule has 168 valence electrons. The molecule has 0 fully saturated rings. The molecule has 0 bridgehead atoms. The fourth-order valence-corrected chi connectivity index (χ4v) is 2.95. The highest BCUT2D eigenvalue weighted by Crippen LogP contribution is 2.20. The Morgan fingerprint density at radius 1 is 0.727 bits per heavy atom. The predicted molar refractivity (Wildman–Crippen MR) is 126 cm³/mol. The van der Waals surface area contributed by atoms with Crippen LogP contribution in [-0.4, -0.2) is 37.4 Å².